The van der Waals surface area contributed by atoms with Crippen LogP contribution in [0.3, 0.4) is 0 Å². The first-order chi connectivity index (χ1) is 13.7. The van der Waals surface area contributed by atoms with Crippen LogP contribution in [0.5, 0.6) is 0 Å². The molecule has 1 aliphatic heterocycles. The highest BCUT2D eigenvalue weighted by Gasteiger charge is 2.26. The van der Waals surface area contributed by atoms with Gasteiger partial charge in [-0.15, -0.1) is 0 Å². The topological polar surface area (TPSA) is 75.0 Å². The number of guanidine groups is 1. The Bertz CT molecular complexity index is 679. The van der Waals surface area contributed by atoms with E-state index < -0.39 is 5.60 Å². The van der Waals surface area contributed by atoms with Crippen molar-refractivity contribution < 1.29 is 9.53 Å². The van der Waals surface area contributed by atoms with Crippen molar-refractivity contribution in [2.45, 2.75) is 52.6 Å². The molecule has 2 rings (SSSR count). The summed E-state index contributed by atoms with van der Waals surface area (Å²) in [4.78, 5) is 20.9. The SMILES string of the molecule is CCCN(CCNC(=NC)N1CCC(Cc2cnn(C)c2)C1)C(=O)OC(C)(C)C. The van der Waals surface area contributed by atoms with Gasteiger partial charge in [0.2, 0.25) is 0 Å². The van der Waals surface area contributed by atoms with E-state index in [2.05, 4.69) is 33.4 Å². The molecule has 2 heterocycles. The first-order valence-corrected chi connectivity index (χ1v) is 10.6. The average Bonchev–Trinajstić information content (AvgIpc) is 3.25. The summed E-state index contributed by atoms with van der Waals surface area (Å²) in [5, 5.41) is 7.68. The lowest BCUT2D eigenvalue weighted by Crippen LogP contribution is -2.45. The standard InChI is InChI=1S/C21H38N6O2/c1-7-10-26(20(28)29-21(2,3)4)12-9-23-19(22-5)27-11-8-17(16-27)13-18-14-24-25(6)15-18/h14-15,17H,7-13,16H2,1-6H3,(H,22,23). The van der Waals surface area contributed by atoms with Crippen LogP contribution in [0.4, 0.5) is 4.79 Å². The molecule has 1 aliphatic rings. The number of carbonyl (C=O) groups excluding carboxylic acids is 1. The van der Waals surface area contributed by atoms with Crippen LogP contribution in [0.25, 0.3) is 0 Å². The third kappa shape index (κ3) is 7.59. The third-order valence-corrected chi connectivity index (χ3v) is 4.89. The van der Waals surface area contributed by atoms with Crippen molar-refractivity contribution in [2.75, 3.05) is 39.8 Å². The van der Waals surface area contributed by atoms with E-state index in [9.17, 15) is 4.79 Å². The van der Waals surface area contributed by atoms with Crippen LogP contribution in [-0.2, 0) is 18.2 Å². The van der Waals surface area contributed by atoms with Gasteiger partial charge in [0.1, 0.15) is 5.60 Å². The van der Waals surface area contributed by atoms with Crippen LogP contribution >= 0.6 is 0 Å². The molecule has 164 valence electrons. The number of hydrogen-bond donors (Lipinski definition) is 1. The van der Waals surface area contributed by atoms with Gasteiger partial charge in [-0.2, -0.15) is 5.10 Å². The molecule has 1 fully saturated rings. The molecule has 1 saturated heterocycles. The monoisotopic (exact) mass is 406 g/mol. The van der Waals surface area contributed by atoms with Crippen molar-refractivity contribution in [2.24, 2.45) is 18.0 Å². The number of ether oxygens (including phenoxy) is 1. The molecule has 0 aromatic carbocycles. The number of aryl methyl sites for hydroxylation is 1. The predicted molar refractivity (Wildman–Crippen MR) is 116 cm³/mol. The molecule has 29 heavy (non-hydrogen) atoms. The third-order valence-electron chi connectivity index (χ3n) is 4.89. The van der Waals surface area contributed by atoms with Crippen molar-refractivity contribution >= 4 is 12.1 Å². The molecule has 1 N–H and O–H groups in total. The highest BCUT2D eigenvalue weighted by molar-refractivity contribution is 5.80. The molecule has 1 unspecified atom stereocenters. The maximum Gasteiger partial charge on any atom is 0.410 e. The Kier molecular flexibility index (Phi) is 8.34. The lowest BCUT2D eigenvalue weighted by Gasteiger charge is -2.28. The van der Waals surface area contributed by atoms with Gasteiger partial charge in [-0.1, -0.05) is 6.92 Å². The summed E-state index contributed by atoms with van der Waals surface area (Å²) in [6, 6.07) is 0. The number of aromatic nitrogens is 2. The summed E-state index contributed by atoms with van der Waals surface area (Å²) in [6.07, 6.45) is 6.88. The second kappa shape index (κ2) is 10.5. The van der Waals surface area contributed by atoms with Crippen molar-refractivity contribution in [1.29, 1.82) is 0 Å². The van der Waals surface area contributed by atoms with Crippen LogP contribution in [0.2, 0.25) is 0 Å². The molecule has 1 atom stereocenters. The van der Waals surface area contributed by atoms with Crippen molar-refractivity contribution in [1.82, 2.24) is 24.9 Å². The van der Waals surface area contributed by atoms with Gasteiger partial charge in [0.25, 0.3) is 0 Å². The molecule has 0 aliphatic carbocycles. The quantitative estimate of drug-likeness (QED) is 0.556. The molecule has 0 saturated carbocycles. The maximum absolute atomic E-state index is 12.4. The van der Waals surface area contributed by atoms with Crippen molar-refractivity contribution in [3.63, 3.8) is 0 Å². The zero-order valence-corrected chi connectivity index (χ0v) is 18.9. The molecule has 1 amide bonds. The fourth-order valence-corrected chi connectivity index (χ4v) is 3.63. The first kappa shape index (κ1) is 23.0. The number of hydrogen-bond acceptors (Lipinski definition) is 4. The van der Waals surface area contributed by atoms with Crippen molar-refractivity contribution in [3.8, 4) is 0 Å². The first-order valence-electron chi connectivity index (χ1n) is 10.6. The fourth-order valence-electron chi connectivity index (χ4n) is 3.63. The summed E-state index contributed by atoms with van der Waals surface area (Å²) in [6.45, 7) is 11.7. The van der Waals surface area contributed by atoms with Gasteiger partial charge in [0, 0.05) is 53.0 Å². The second-order valence-electron chi connectivity index (χ2n) is 8.77. The van der Waals surface area contributed by atoms with E-state index >= 15 is 0 Å². The molecule has 1 aromatic heterocycles. The van der Waals surface area contributed by atoms with Gasteiger partial charge in [0.15, 0.2) is 5.96 Å². The van der Waals surface area contributed by atoms with Crippen molar-refractivity contribution in [3.05, 3.63) is 18.0 Å². The molecule has 0 bridgehead atoms. The molecule has 8 nitrogen and oxygen atoms in total. The molecular formula is C21H38N6O2. The van der Waals surface area contributed by atoms with E-state index in [1.807, 2.05) is 45.7 Å². The molecule has 1 aromatic rings. The lowest BCUT2D eigenvalue weighted by atomic mass is 10.0. The Morgan fingerprint density at radius 2 is 2.17 bits per heavy atom. The van der Waals surface area contributed by atoms with Gasteiger partial charge in [-0.05, 0) is 51.5 Å². The second-order valence-corrected chi connectivity index (χ2v) is 8.77. The lowest BCUT2D eigenvalue weighted by molar-refractivity contribution is 0.0253. The number of rotatable bonds is 7. The zero-order valence-electron chi connectivity index (χ0n) is 18.9. The summed E-state index contributed by atoms with van der Waals surface area (Å²) >= 11 is 0. The van der Waals surface area contributed by atoms with E-state index in [0.29, 0.717) is 25.6 Å². The fraction of sp³-hybridized carbons (Fsp3) is 0.762. The van der Waals surface area contributed by atoms with Gasteiger partial charge in [-0.3, -0.25) is 9.67 Å². The molecule has 0 spiro atoms. The van der Waals surface area contributed by atoms with Crippen LogP contribution in [-0.4, -0.2) is 77.0 Å². The summed E-state index contributed by atoms with van der Waals surface area (Å²) in [5.41, 5.74) is 0.806. The summed E-state index contributed by atoms with van der Waals surface area (Å²) in [7, 11) is 3.77. The van der Waals surface area contributed by atoms with E-state index in [1.165, 1.54) is 5.56 Å². The normalized spacial score (nSPS) is 17.5. The highest BCUT2D eigenvalue weighted by Crippen LogP contribution is 2.20. The molecular weight excluding hydrogens is 368 g/mol. The van der Waals surface area contributed by atoms with Gasteiger partial charge >= 0.3 is 6.09 Å². The Balaban J connectivity index is 1.81. The number of likely N-dealkylation sites (tertiary alicyclic amines) is 1. The Labute approximate surface area is 175 Å². The van der Waals surface area contributed by atoms with E-state index in [1.54, 1.807) is 4.90 Å². The number of nitrogens with zero attached hydrogens (tertiary/aromatic N) is 5. The molecule has 8 heteroatoms. The molecule has 0 radical (unpaired) electrons. The van der Waals surface area contributed by atoms with Gasteiger partial charge in [-0.25, -0.2) is 4.79 Å². The van der Waals surface area contributed by atoms with Crippen LogP contribution < -0.4 is 5.32 Å². The minimum Gasteiger partial charge on any atom is -0.444 e. The highest BCUT2D eigenvalue weighted by atomic mass is 16.6. The number of nitrogens with one attached hydrogen (secondary N) is 1. The minimum absolute atomic E-state index is 0.256. The summed E-state index contributed by atoms with van der Waals surface area (Å²) in [5.74, 6) is 1.51. The zero-order chi connectivity index (χ0) is 21.4. The smallest absolute Gasteiger partial charge is 0.410 e. The van der Waals surface area contributed by atoms with E-state index in [-0.39, 0.29) is 6.09 Å². The predicted octanol–water partition coefficient (Wildman–Crippen LogP) is 2.51. The Hall–Kier alpha value is -2.25. The van der Waals surface area contributed by atoms with Gasteiger partial charge in [0.05, 0.1) is 6.20 Å². The Morgan fingerprint density at radius 3 is 2.76 bits per heavy atom. The Morgan fingerprint density at radius 1 is 1.41 bits per heavy atom. The largest absolute Gasteiger partial charge is 0.444 e. The average molecular weight is 407 g/mol. The van der Waals surface area contributed by atoms with Crippen LogP contribution in [0.15, 0.2) is 17.4 Å². The summed E-state index contributed by atoms with van der Waals surface area (Å²) < 4.78 is 7.38. The number of carbonyl (C=O) groups is 1. The van der Waals surface area contributed by atoms with Gasteiger partial charge < -0.3 is 19.9 Å². The van der Waals surface area contributed by atoms with Crippen LogP contribution in [0.1, 0.15) is 46.1 Å². The number of amides is 1. The minimum atomic E-state index is -0.481. The van der Waals surface area contributed by atoms with E-state index in [4.69, 9.17) is 4.74 Å². The number of aliphatic imine (C=N–C) groups is 1. The maximum atomic E-state index is 12.4. The van der Waals surface area contributed by atoms with E-state index in [0.717, 1.165) is 38.3 Å². The van der Waals surface area contributed by atoms with Crippen LogP contribution in [0, 0.1) is 5.92 Å².